The van der Waals surface area contributed by atoms with Crippen LogP contribution in [0.15, 0.2) is 59.1 Å². The maximum atomic E-state index is 13.0. The first-order chi connectivity index (χ1) is 16.8. The van der Waals surface area contributed by atoms with Crippen molar-refractivity contribution in [3.8, 4) is 5.75 Å². The van der Waals surface area contributed by atoms with Crippen LogP contribution >= 0.6 is 23.2 Å². The Morgan fingerprint density at radius 3 is 1.97 bits per heavy atom. The summed E-state index contributed by atoms with van der Waals surface area (Å²) in [4.78, 5) is 37.0. The van der Waals surface area contributed by atoms with Crippen LogP contribution < -0.4 is 4.74 Å². The van der Waals surface area contributed by atoms with Crippen LogP contribution in [0.25, 0.3) is 0 Å². The lowest BCUT2D eigenvalue weighted by Crippen LogP contribution is -2.30. The molecule has 0 unspecified atom stereocenters. The molecule has 1 heterocycles. The van der Waals surface area contributed by atoms with E-state index in [1.54, 1.807) is 24.3 Å². The Bertz CT molecular complexity index is 1240. The summed E-state index contributed by atoms with van der Waals surface area (Å²) in [6.07, 6.45) is 3.60. The molecule has 0 atom stereocenters. The van der Waals surface area contributed by atoms with Gasteiger partial charge in [0.2, 0.25) is 0 Å². The average Bonchev–Trinajstić information content (AvgIpc) is 2.83. The largest absolute Gasteiger partial charge is 0.486 e. The molecule has 0 aromatic heterocycles. The number of allylic oxidation sites excluding steroid dienone is 4. The van der Waals surface area contributed by atoms with E-state index in [1.165, 1.54) is 12.1 Å². The van der Waals surface area contributed by atoms with Crippen molar-refractivity contribution in [3.63, 3.8) is 0 Å². The molecular weight excluding hydrogens is 491 g/mol. The van der Waals surface area contributed by atoms with Crippen molar-refractivity contribution in [1.82, 2.24) is 0 Å². The second-order valence-electron chi connectivity index (χ2n) is 8.87. The highest BCUT2D eigenvalue weighted by molar-refractivity contribution is 6.37. The molecule has 1 aliphatic heterocycles. The third-order valence-corrected chi connectivity index (χ3v) is 7.14. The number of Topliss-reactive ketones (excluding diaryl/α,β-unsaturated/α-hetero) is 2. The van der Waals surface area contributed by atoms with Gasteiger partial charge in [0.25, 0.3) is 0 Å². The van der Waals surface area contributed by atoms with Crippen molar-refractivity contribution in [1.29, 1.82) is 0 Å². The van der Waals surface area contributed by atoms with Gasteiger partial charge in [-0.3, -0.25) is 9.59 Å². The molecule has 1 N–H and O–H groups in total. The molecule has 180 valence electrons. The molecule has 0 saturated heterocycles. The molecule has 8 heteroatoms. The van der Waals surface area contributed by atoms with Crippen molar-refractivity contribution >= 4 is 40.7 Å². The first kappa shape index (κ1) is 23.6. The van der Waals surface area contributed by atoms with Crippen LogP contribution in [0.3, 0.4) is 0 Å². The maximum absolute atomic E-state index is 13.0. The molecule has 3 aliphatic rings. The summed E-state index contributed by atoms with van der Waals surface area (Å²) in [6, 6.07) is 9.71. The molecule has 2 aromatic carbocycles. The van der Waals surface area contributed by atoms with Crippen molar-refractivity contribution in [2.75, 3.05) is 0 Å². The number of carbonyl (C=O) groups excluding carboxylic acids is 2. The van der Waals surface area contributed by atoms with E-state index in [4.69, 9.17) is 37.8 Å². The molecule has 0 amide bonds. The van der Waals surface area contributed by atoms with E-state index in [0.29, 0.717) is 53.9 Å². The van der Waals surface area contributed by atoms with E-state index >= 15 is 0 Å². The van der Waals surface area contributed by atoms with Crippen molar-refractivity contribution < 1.29 is 29.0 Å². The highest BCUT2D eigenvalue weighted by Crippen LogP contribution is 2.49. The van der Waals surface area contributed by atoms with Crippen molar-refractivity contribution in [2.45, 2.75) is 51.0 Å². The van der Waals surface area contributed by atoms with Crippen LogP contribution in [0.4, 0.5) is 0 Å². The molecule has 35 heavy (non-hydrogen) atoms. The number of rotatable bonds is 5. The average molecular weight is 513 g/mol. The zero-order chi connectivity index (χ0) is 24.7. The number of carbonyl (C=O) groups is 3. The third-order valence-electron chi connectivity index (χ3n) is 6.58. The number of halogens is 2. The zero-order valence-corrected chi connectivity index (χ0v) is 20.2. The summed E-state index contributed by atoms with van der Waals surface area (Å²) >= 11 is 13.2. The normalized spacial score (nSPS) is 18.2. The van der Waals surface area contributed by atoms with Gasteiger partial charge in [0.05, 0.1) is 15.6 Å². The Kier molecular flexibility index (Phi) is 6.43. The van der Waals surface area contributed by atoms with Gasteiger partial charge in [0, 0.05) is 42.7 Å². The molecule has 6 nitrogen and oxygen atoms in total. The predicted molar refractivity (Wildman–Crippen MR) is 130 cm³/mol. The first-order valence-electron chi connectivity index (χ1n) is 11.5. The summed E-state index contributed by atoms with van der Waals surface area (Å²) in [6.45, 7) is 0.136. The summed E-state index contributed by atoms with van der Waals surface area (Å²) in [5.74, 6) is -0.00951. The molecule has 2 aromatic rings. The minimum atomic E-state index is -1.00. The number of aromatic carboxylic acids is 1. The minimum absolute atomic E-state index is 0.0152. The number of hydrogen-bond donors (Lipinski definition) is 1. The first-order valence-corrected chi connectivity index (χ1v) is 12.2. The minimum Gasteiger partial charge on any atom is -0.486 e. The summed E-state index contributed by atoms with van der Waals surface area (Å²) in [5.41, 5.74) is 2.66. The van der Waals surface area contributed by atoms with Crippen LogP contribution in [0.5, 0.6) is 5.75 Å². The smallest absolute Gasteiger partial charge is 0.335 e. The predicted octanol–water partition coefficient (Wildman–Crippen LogP) is 6.40. The van der Waals surface area contributed by atoms with Gasteiger partial charge in [-0.25, -0.2) is 4.79 Å². The highest BCUT2D eigenvalue weighted by atomic mass is 35.5. The maximum Gasteiger partial charge on any atom is 0.335 e. The molecular formula is C27H22Cl2O6. The molecule has 0 radical (unpaired) electrons. The monoisotopic (exact) mass is 512 g/mol. The summed E-state index contributed by atoms with van der Waals surface area (Å²) in [7, 11) is 0. The SMILES string of the molecule is O=C1CCCC2=C1C(c1cc(Cl)c(OCc3ccc(C(=O)O)cc3)c(Cl)c1)C1=C(CCCC1=O)O2. The lowest BCUT2D eigenvalue weighted by atomic mass is 9.73. The molecule has 0 fully saturated rings. The highest BCUT2D eigenvalue weighted by Gasteiger charge is 2.42. The molecule has 0 bridgehead atoms. The molecule has 0 spiro atoms. The topological polar surface area (TPSA) is 89.9 Å². The fraction of sp³-hybridized carbons (Fsp3) is 0.296. The van der Waals surface area contributed by atoms with Crippen LogP contribution in [0.1, 0.15) is 65.9 Å². The second kappa shape index (κ2) is 9.51. The Hall–Kier alpha value is -3.09. The van der Waals surface area contributed by atoms with Gasteiger partial charge in [-0.15, -0.1) is 0 Å². The number of hydrogen-bond acceptors (Lipinski definition) is 5. The van der Waals surface area contributed by atoms with Gasteiger partial charge < -0.3 is 14.6 Å². The van der Waals surface area contributed by atoms with E-state index < -0.39 is 11.9 Å². The summed E-state index contributed by atoms with van der Waals surface area (Å²) < 4.78 is 11.9. The van der Waals surface area contributed by atoms with Crippen molar-refractivity contribution in [3.05, 3.63) is 85.8 Å². The van der Waals surface area contributed by atoms with Gasteiger partial charge in [0.15, 0.2) is 17.3 Å². The second-order valence-corrected chi connectivity index (χ2v) is 9.68. The number of benzene rings is 2. The lowest BCUT2D eigenvalue weighted by Gasteiger charge is -2.36. The van der Waals surface area contributed by atoms with E-state index in [1.807, 2.05) is 0 Å². The van der Waals surface area contributed by atoms with Gasteiger partial charge in [-0.1, -0.05) is 35.3 Å². The molecule has 2 aliphatic carbocycles. The number of ether oxygens (including phenoxy) is 2. The fourth-order valence-corrected chi connectivity index (χ4v) is 5.55. The van der Waals surface area contributed by atoms with E-state index in [0.717, 1.165) is 18.4 Å². The van der Waals surface area contributed by atoms with Crippen molar-refractivity contribution in [2.24, 2.45) is 0 Å². The fourth-order valence-electron chi connectivity index (χ4n) is 4.93. The van der Waals surface area contributed by atoms with Crippen LogP contribution in [0.2, 0.25) is 10.0 Å². The Morgan fingerprint density at radius 1 is 0.914 bits per heavy atom. The Labute approximate surface area is 212 Å². The van der Waals surface area contributed by atoms with Gasteiger partial charge >= 0.3 is 5.97 Å². The number of carboxylic acids is 1. The Morgan fingerprint density at radius 2 is 1.46 bits per heavy atom. The van der Waals surface area contributed by atoms with Gasteiger partial charge in [-0.2, -0.15) is 0 Å². The van der Waals surface area contributed by atoms with Gasteiger partial charge in [-0.05, 0) is 48.2 Å². The number of carboxylic acid groups (broad SMARTS) is 1. The standard InChI is InChI=1S/C27H22Cl2O6/c28-17-11-16(12-18(29)26(17)34-13-14-7-9-15(10-8-14)27(32)33)23-24-19(30)3-1-5-21(24)35-22-6-2-4-20(31)25(22)23/h7-12,23H,1-6,13H2,(H,32,33). The van der Waals surface area contributed by atoms with Gasteiger partial charge in [0.1, 0.15) is 18.1 Å². The van der Waals surface area contributed by atoms with E-state index in [-0.39, 0.29) is 39.5 Å². The van der Waals surface area contributed by atoms with E-state index in [9.17, 15) is 14.4 Å². The van der Waals surface area contributed by atoms with Crippen LogP contribution in [-0.4, -0.2) is 22.6 Å². The quantitative estimate of drug-likeness (QED) is 0.498. The number of ketones is 2. The zero-order valence-electron chi connectivity index (χ0n) is 18.7. The Balaban J connectivity index is 1.48. The van der Waals surface area contributed by atoms with E-state index in [2.05, 4.69) is 0 Å². The molecule has 0 saturated carbocycles. The van der Waals surface area contributed by atoms with Crippen LogP contribution in [-0.2, 0) is 20.9 Å². The third kappa shape index (κ3) is 4.48. The summed E-state index contributed by atoms with van der Waals surface area (Å²) in [5, 5.41) is 9.57. The lowest BCUT2D eigenvalue weighted by molar-refractivity contribution is -0.117. The van der Waals surface area contributed by atoms with Crippen LogP contribution in [0, 0.1) is 0 Å². The molecule has 5 rings (SSSR count).